The first-order valence-electron chi connectivity index (χ1n) is 5.26. The van der Waals surface area contributed by atoms with Crippen LogP contribution in [0.2, 0.25) is 5.02 Å². The molecule has 1 aromatic rings. The van der Waals surface area contributed by atoms with Crippen LogP contribution in [-0.4, -0.2) is 17.3 Å². The number of amides is 1. The van der Waals surface area contributed by atoms with Crippen molar-refractivity contribution in [3.05, 3.63) is 34.9 Å². The van der Waals surface area contributed by atoms with E-state index in [2.05, 4.69) is 21.2 Å². The summed E-state index contributed by atoms with van der Waals surface area (Å²) in [7, 11) is 0. The van der Waals surface area contributed by atoms with Crippen LogP contribution in [-0.2, 0) is 0 Å². The lowest BCUT2D eigenvalue weighted by atomic mass is 10.1. The van der Waals surface area contributed by atoms with Crippen molar-refractivity contribution in [3.8, 4) is 0 Å². The highest BCUT2D eigenvalue weighted by atomic mass is 79.9. The van der Waals surface area contributed by atoms with E-state index < -0.39 is 0 Å². The van der Waals surface area contributed by atoms with Gasteiger partial charge in [0.25, 0.3) is 5.91 Å². The first-order valence-corrected chi connectivity index (χ1v) is 6.76. The first kappa shape index (κ1) is 13.5. The third kappa shape index (κ3) is 4.54. The fraction of sp³-hybridized carbons (Fsp3) is 0.417. The average molecular weight is 305 g/mol. The lowest BCUT2D eigenvalue weighted by Gasteiger charge is -2.13. The highest BCUT2D eigenvalue weighted by molar-refractivity contribution is 9.09. The summed E-state index contributed by atoms with van der Waals surface area (Å²) in [5.74, 6) is -0.0428. The summed E-state index contributed by atoms with van der Waals surface area (Å²) in [5, 5.41) is 4.56. The second-order valence-corrected chi connectivity index (χ2v) is 4.94. The number of alkyl halides is 1. The predicted molar refractivity (Wildman–Crippen MR) is 71.4 cm³/mol. The van der Waals surface area contributed by atoms with Crippen LogP contribution in [0.3, 0.4) is 0 Å². The minimum Gasteiger partial charge on any atom is -0.350 e. The number of hydrogen-bond donors (Lipinski definition) is 1. The van der Waals surface area contributed by atoms with E-state index in [0.29, 0.717) is 10.6 Å². The molecule has 0 aliphatic carbocycles. The highest BCUT2D eigenvalue weighted by Gasteiger charge is 2.08. The van der Waals surface area contributed by atoms with Gasteiger partial charge in [-0.25, -0.2) is 0 Å². The van der Waals surface area contributed by atoms with Gasteiger partial charge in [0.1, 0.15) is 0 Å². The van der Waals surface area contributed by atoms with Crippen molar-refractivity contribution in [1.82, 2.24) is 5.32 Å². The van der Waals surface area contributed by atoms with Crippen LogP contribution in [0, 0.1) is 0 Å². The van der Waals surface area contributed by atoms with E-state index in [9.17, 15) is 4.79 Å². The molecule has 0 saturated heterocycles. The SMILES string of the molecule is CC(CCCBr)NC(=O)c1ccc(Cl)cc1. The van der Waals surface area contributed by atoms with E-state index in [1.54, 1.807) is 24.3 Å². The number of carbonyl (C=O) groups is 1. The van der Waals surface area contributed by atoms with Gasteiger partial charge in [0.2, 0.25) is 0 Å². The normalized spacial score (nSPS) is 12.2. The smallest absolute Gasteiger partial charge is 0.251 e. The molecule has 1 aromatic carbocycles. The number of benzene rings is 1. The molecular formula is C12H15BrClNO. The molecule has 2 nitrogen and oxygen atoms in total. The van der Waals surface area contributed by atoms with Crippen LogP contribution in [0.1, 0.15) is 30.1 Å². The Bertz CT molecular complexity index is 339. The zero-order valence-corrected chi connectivity index (χ0v) is 11.5. The molecule has 1 rings (SSSR count). The molecule has 4 heteroatoms. The molecule has 0 aliphatic heterocycles. The van der Waals surface area contributed by atoms with Gasteiger partial charge < -0.3 is 5.32 Å². The van der Waals surface area contributed by atoms with Gasteiger partial charge in [0.15, 0.2) is 0 Å². The minimum absolute atomic E-state index is 0.0428. The van der Waals surface area contributed by atoms with E-state index in [0.717, 1.165) is 18.2 Å². The average Bonchev–Trinajstić information content (AvgIpc) is 2.27. The number of hydrogen-bond acceptors (Lipinski definition) is 1. The highest BCUT2D eigenvalue weighted by Crippen LogP contribution is 2.10. The maximum atomic E-state index is 11.8. The van der Waals surface area contributed by atoms with Gasteiger partial charge in [-0.05, 0) is 44.0 Å². The van der Waals surface area contributed by atoms with Gasteiger partial charge in [-0.1, -0.05) is 27.5 Å². The summed E-state index contributed by atoms with van der Waals surface area (Å²) in [4.78, 5) is 11.8. The van der Waals surface area contributed by atoms with Gasteiger partial charge in [0, 0.05) is 22.0 Å². The van der Waals surface area contributed by atoms with Gasteiger partial charge >= 0.3 is 0 Å². The monoisotopic (exact) mass is 303 g/mol. The molecule has 1 amide bonds. The van der Waals surface area contributed by atoms with Crippen molar-refractivity contribution in [2.24, 2.45) is 0 Å². The third-order valence-corrected chi connectivity index (χ3v) is 3.07. The van der Waals surface area contributed by atoms with Crippen molar-refractivity contribution < 1.29 is 4.79 Å². The van der Waals surface area contributed by atoms with E-state index in [-0.39, 0.29) is 11.9 Å². The summed E-state index contributed by atoms with van der Waals surface area (Å²) in [6, 6.07) is 7.10. The Hall–Kier alpha value is -0.540. The van der Waals surface area contributed by atoms with Gasteiger partial charge in [-0.3, -0.25) is 4.79 Å². The summed E-state index contributed by atoms with van der Waals surface area (Å²) in [5.41, 5.74) is 0.648. The topological polar surface area (TPSA) is 29.1 Å². The lowest BCUT2D eigenvalue weighted by Crippen LogP contribution is -2.32. The second kappa shape index (κ2) is 6.92. The fourth-order valence-electron chi connectivity index (χ4n) is 1.36. The Morgan fingerprint density at radius 2 is 2.06 bits per heavy atom. The quantitative estimate of drug-likeness (QED) is 0.827. The first-order chi connectivity index (χ1) is 7.63. The van der Waals surface area contributed by atoms with Crippen molar-refractivity contribution in [3.63, 3.8) is 0 Å². The zero-order chi connectivity index (χ0) is 12.0. The van der Waals surface area contributed by atoms with Crippen LogP contribution in [0.25, 0.3) is 0 Å². The maximum Gasteiger partial charge on any atom is 0.251 e. The molecule has 0 heterocycles. The number of halogens is 2. The zero-order valence-electron chi connectivity index (χ0n) is 9.17. The Balaban J connectivity index is 2.48. The molecule has 0 bridgehead atoms. The molecule has 1 atom stereocenters. The van der Waals surface area contributed by atoms with Crippen molar-refractivity contribution >= 4 is 33.4 Å². The third-order valence-electron chi connectivity index (χ3n) is 2.25. The molecule has 1 N–H and O–H groups in total. The van der Waals surface area contributed by atoms with Crippen molar-refractivity contribution in [2.75, 3.05) is 5.33 Å². The van der Waals surface area contributed by atoms with Crippen LogP contribution in [0.15, 0.2) is 24.3 Å². The number of rotatable bonds is 5. The largest absolute Gasteiger partial charge is 0.350 e. The number of carbonyl (C=O) groups excluding carboxylic acids is 1. The molecule has 16 heavy (non-hydrogen) atoms. The molecule has 0 spiro atoms. The van der Waals surface area contributed by atoms with Gasteiger partial charge in [-0.15, -0.1) is 0 Å². The second-order valence-electron chi connectivity index (χ2n) is 3.71. The van der Waals surface area contributed by atoms with E-state index >= 15 is 0 Å². The Labute approximate surface area is 110 Å². The van der Waals surface area contributed by atoms with E-state index in [1.165, 1.54) is 0 Å². The molecule has 0 radical (unpaired) electrons. The van der Waals surface area contributed by atoms with Gasteiger partial charge in [0.05, 0.1) is 0 Å². The summed E-state index contributed by atoms with van der Waals surface area (Å²) >= 11 is 9.12. The summed E-state index contributed by atoms with van der Waals surface area (Å²) in [6.45, 7) is 2.01. The lowest BCUT2D eigenvalue weighted by molar-refractivity contribution is 0.0938. The van der Waals surface area contributed by atoms with Crippen LogP contribution in [0.5, 0.6) is 0 Å². The van der Waals surface area contributed by atoms with Crippen LogP contribution >= 0.6 is 27.5 Å². The van der Waals surface area contributed by atoms with E-state index in [4.69, 9.17) is 11.6 Å². The van der Waals surface area contributed by atoms with Crippen molar-refractivity contribution in [1.29, 1.82) is 0 Å². The Morgan fingerprint density at radius 1 is 1.44 bits per heavy atom. The molecule has 1 unspecified atom stereocenters. The van der Waals surface area contributed by atoms with Crippen LogP contribution < -0.4 is 5.32 Å². The van der Waals surface area contributed by atoms with Crippen molar-refractivity contribution in [2.45, 2.75) is 25.8 Å². The fourth-order valence-corrected chi connectivity index (χ4v) is 1.81. The standard InChI is InChI=1S/C12H15BrClNO/c1-9(3-2-8-13)15-12(16)10-4-6-11(14)7-5-10/h4-7,9H,2-3,8H2,1H3,(H,15,16). The summed E-state index contributed by atoms with van der Waals surface area (Å²) in [6.07, 6.45) is 2.03. The molecule has 0 aliphatic rings. The predicted octanol–water partition coefficient (Wildman–Crippen LogP) is 3.63. The Morgan fingerprint density at radius 3 is 2.62 bits per heavy atom. The molecule has 0 aromatic heterocycles. The minimum atomic E-state index is -0.0428. The molecule has 0 fully saturated rings. The van der Waals surface area contributed by atoms with E-state index in [1.807, 2.05) is 6.92 Å². The van der Waals surface area contributed by atoms with Crippen LogP contribution in [0.4, 0.5) is 0 Å². The van der Waals surface area contributed by atoms with Gasteiger partial charge in [-0.2, -0.15) is 0 Å². The maximum absolute atomic E-state index is 11.8. The molecular weight excluding hydrogens is 289 g/mol. The Kier molecular flexibility index (Phi) is 5.85. The summed E-state index contributed by atoms with van der Waals surface area (Å²) < 4.78 is 0. The molecule has 0 saturated carbocycles. The molecule has 88 valence electrons. The number of nitrogens with one attached hydrogen (secondary N) is 1.